The Bertz CT molecular complexity index is 1220. The first-order valence-corrected chi connectivity index (χ1v) is 10.9. The molecule has 0 saturated carbocycles. The number of thiophene rings is 1. The van der Waals surface area contributed by atoms with Crippen LogP contribution in [-0.2, 0) is 11.3 Å². The summed E-state index contributed by atoms with van der Waals surface area (Å²) < 4.78 is 1.64. The highest BCUT2D eigenvalue weighted by molar-refractivity contribution is 8.00. The third-order valence-corrected chi connectivity index (χ3v) is 6.59. The Labute approximate surface area is 176 Å². The van der Waals surface area contributed by atoms with Crippen molar-refractivity contribution in [2.24, 2.45) is 5.73 Å². The number of hydrogen-bond acceptors (Lipinski definition) is 5. The molecule has 1 atom stereocenters. The maximum absolute atomic E-state index is 13.6. The Morgan fingerprint density at radius 3 is 2.45 bits per heavy atom. The minimum atomic E-state index is -0.491. The molecule has 2 aromatic carbocycles. The van der Waals surface area contributed by atoms with Crippen LogP contribution in [0.15, 0.2) is 76.0 Å². The molecule has 0 aliphatic heterocycles. The number of rotatable bonds is 6. The van der Waals surface area contributed by atoms with Crippen molar-refractivity contribution in [2.45, 2.75) is 23.9 Å². The summed E-state index contributed by atoms with van der Waals surface area (Å²) in [4.78, 5) is 30.6. The van der Waals surface area contributed by atoms with Crippen LogP contribution in [0.2, 0.25) is 0 Å². The number of carbonyl (C=O) groups is 1. The zero-order valence-electron chi connectivity index (χ0n) is 15.7. The number of fused-ring (bicyclic) bond motifs is 1. The van der Waals surface area contributed by atoms with E-state index in [1.165, 1.54) is 23.1 Å². The molecule has 0 radical (unpaired) electrons. The molecule has 2 heterocycles. The Balaban J connectivity index is 1.91. The van der Waals surface area contributed by atoms with Gasteiger partial charge in [-0.2, -0.15) is 0 Å². The number of carbonyl (C=O) groups excluding carboxylic acids is 1. The molecule has 2 aromatic heterocycles. The number of hydrogen-bond donors (Lipinski definition) is 1. The normalized spacial score (nSPS) is 12.2. The molecule has 4 rings (SSSR count). The number of nitrogens with zero attached hydrogens (tertiary/aromatic N) is 2. The second-order valence-corrected chi connectivity index (χ2v) is 8.80. The molecule has 0 spiro atoms. The summed E-state index contributed by atoms with van der Waals surface area (Å²) in [6.45, 7) is 2.10. The van der Waals surface area contributed by atoms with E-state index in [0.29, 0.717) is 21.9 Å². The number of primary amides is 1. The molecule has 2 N–H and O–H groups in total. The third-order valence-electron chi connectivity index (χ3n) is 4.61. The van der Waals surface area contributed by atoms with Gasteiger partial charge in [0, 0.05) is 10.9 Å². The van der Waals surface area contributed by atoms with Crippen molar-refractivity contribution in [2.75, 3.05) is 0 Å². The minimum Gasteiger partial charge on any atom is -0.369 e. The van der Waals surface area contributed by atoms with E-state index >= 15 is 0 Å². The largest absolute Gasteiger partial charge is 0.369 e. The van der Waals surface area contributed by atoms with Gasteiger partial charge in [0.2, 0.25) is 5.91 Å². The van der Waals surface area contributed by atoms with E-state index in [1.807, 2.05) is 66.0 Å². The van der Waals surface area contributed by atoms with Gasteiger partial charge in [0.25, 0.3) is 5.56 Å². The summed E-state index contributed by atoms with van der Waals surface area (Å²) in [5.41, 5.74) is 8.18. The molecular formula is C22H19N3O2S2. The number of aromatic nitrogens is 2. The molecule has 0 fully saturated rings. The van der Waals surface area contributed by atoms with Gasteiger partial charge in [-0.25, -0.2) is 4.98 Å². The van der Waals surface area contributed by atoms with Crippen LogP contribution >= 0.6 is 23.1 Å². The first-order chi connectivity index (χ1) is 14.0. The Kier molecular flexibility index (Phi) is 5.51. The zero-order valence-corrected chi connectivity index (χ0v) is 17.4. The first-order valence-electron chi connectivity index (χ1n) is 9.12. The topological polar surface area (TPSA) is 78.0 Å². The summed E-state index contributed by atoms with van der Waals surface area (Å²) in [5.74, 6) is -0.438. The van der Waals surface area contributed by atoms with Crippen molar-refractivity contribution in [3.05, 3.63) is 82.0 Å². The number of nitrogens with two attached hydrogens (primary N) is 1. The van der Waals surface area contributed by atoms with Gasteiger partial charge in [0.1, 0.15) is 4.83 Å². The maximum Gasteiger partial charge on any atom is 0.263 e. The Hall–Kier alpha value is -2.90. The van der Waals surface area contributed by atoms with E-state index in [9.17, 15) is 9.59 Å². The summed E-state index contributed by atoms with van der Waals surface area (Å²) >= 11 is 2.65. The molecular weight excluding hydrogens is 402 g/mol. The molecule has 29 heavy (non-hydrogen) atoms. The van der Waals surface area contributed by atoms with Gasteiger partial charge in [-0.15, -0.1) is 11.3 Å². The predicted molar refractivity (Wildman–Crippen MR) is 119 cm³/mol. The predicted octanol–water partition coefficient (Wildman–Crippen LogP) is 4.14. The molecule has 7 heteroatoms. The fraction of sp³-hybridized carbons (Fsp3) is 0.136. The van der Waals surface area contributed by atoms with Crippen LogP contribution in [0.5, 0.6) is 0 Å². The van der Waals surface area contributed by atoms with Crippen molar-refractivity contribution in [1.29, 1.82) is 0 Å². The van der Waals surface area contributed by atoms with E-state index in [-0.39, 0.29) is 5.56 Å². The van der Waals surface area contributed by atoms with E-state index in [4.69, 9.17) is 10.7 Å². The van der Waals surface area contributed by atoms with Gasteiger partial charge in [-0.1, -0.05) is 72.4 Å². The quantitative estimate of drug-likeness (QED) is 0.375. The number of amides is 1. The van der Waals surface area contributed by atoms with Crippen LogP contribution in [0, 0.1) is 0 Å². The summed E-state index contributed by atoms with van der Waals surface area (Å²) in [6, 6.07) is 19.6. The zero-order chi connectivity index (χ0) is 20.4. The number of thioether (sulfide) groups is 1. The van der Waals surface area contributed by atoms with E-state index in [2.05, 4.69) is 0 Å². The van der Waals surface area contributed by atoms with E-state index < -0.39 is 11.2 Å². The number of benzene rings is 2. The lowest BCUT2D eigenvalue weighted by atomic mass is 10.1. The molecule has 1 amide bonds. The van der Waals surface area contributed by atoms with Crippen molar-refractivity contribution < 1.29 is 4.79 Å². The highest BCUT2D eigenvalue weighted by Crippen LogP contribution is 2.33. The molecule has 5 nitrogen and oxygen atoms in total. The van der Waals surface area contributed by atoms with Crippen LogP contribution in [0.3, 0.4) is 0 Å². The van der Waals surface area contributed by atoms with Crippen molar-refractivity contribution in [3.8, 4) is 11.1 Å². The van der Waals surface area contributed by atoms with Gasteiger partial charge >= 0.3 is 0 Å². The van der Waals surface area contributed by atoms with Crippen LogP contribution < -0.4 is 11.3 Å². The molecule has 0 aliphatic rings. The summed E-state index contributed by atoms with van der Waals surface area (Å²) in [7, 11) is 0. The third kappa shape index (κ3) is 3.97. The minimum absolute atomic E-state index is 0.113. The van der Waals surface area contributed by atoms with Gasteiger partial charge in [-0.3, -0.25) is 14.2 Å². The molecule has 0 saturated heterocycles. The monoisotopic (exact) mass is 421 g/mol. The van der Waals surface area contributed by atoms with Crippen molar-refractivity contribution >= 4 is 39.2 Å². The van der Waals surface area contributed by atoms with Gasteiger partial charge < -0.3 is 5.73 Å². The van der Waals surface area contributed by atoms with Gasteiger partial charge in [0.05, 0.1) is 17.2 Å². The van der Waals surface area contributed by atoms with E-state index in [0.717, 1.165) is 16.7 Å². The average Bonchev–Trinajstić information content (AvgIpc) is 3.16. The average molecular weight is 422 g/mol. The van der Waals surface area contributed by atoms with Gasteiger partial charge in [0.15, 0.2) is 5.16 Å². The first kappa shape index (κ1) is 19.4. The molecule has 0 bridgehead atoms. The van der Waals surface area contributed by atoms with Crippen LogP contribution in [-0.4, -0.2) is 20.7 Å². The molecule has 0 aliphatic carbocycles. The molecule has 146 valence electrons. The lowest BCUT2D eigenvalue weighted by molar-refractivity contribution is -0.117. The van der Waals surface area contributed by atoms with Crippen LogP contribution in [0.4, 0.5) is 0 Å². The highest BCUT2D eigenvalue weighted by atomic mass is 32.2. The smallest absolute Gasteiger partial charge is 0.263 e. The second-order valence-electron chi connectivity index (χ2n) is 6.63. The summed E-state index contributed by atoms with van der Waals surface area (Å²) in [5, 5.41) is 2.58. The lowest BCUT2D eigenvalue weighted by Crippen LogP contribution is -2.27. The van der Waals surface area contributed by atoms with Crippen molar-refractivity contribution in [3.63, 3.8) is 0 Å². The Morgan fingerprint density at radius 2 is 1.79 bits per heavy atom. The van der Waals surface area contributed by atoms with Crippen molar-refractivity contribution in [1.82, 2.24) is 9.55 Å². The van der Waals surface area contributed by atoms with Gasteiger partial charge in [-0.05, 0) is 18.1 Å². The second kappa shape index (κ2) is 8.23. The van der Waals surface area contributed by atoms with Crippen LogP contribution in [0.1, 0.15) is 12.5 Å². The molecule has 4 aromatic rings. The SMILES string of the molecule is CC(Sc1nc2scc(-c3ccccc3)c2c(=O)n1Cc1ccccc1)C(N)=O. The van der Waals surface area contributed by atoms with Crippen LogP contribution in [0.25, 0.3) is 21.3 Å². The Morgan fingerprint density at radius 1 is 1.14 bits per heavy atom. The maximum atomic E-state index is 13.6. The summed E-state index contributed by atoms with van der Waals surface area (Å²) in [6.07, 6.45) is 0. The lowest BCUT2D eigenvalue weighted by Gasteiger charge is -2.14. The fourth-order valence-corrected chi connectivity index (χ4v) is 4.89. The standard InChI is InChI=1S/C22H19N3O2S2/c1-14(19(23)26)29-22-24-20-18(17(13-28-20)16-10-6-3-7-11-16)21(27)25(22)12-15-8-4-2-5-9-15/h2-11,13-14H,12H2,1H3,(H2,23,26). The highest BCUT2D eigenvalue weighted by Gasteiger charge is 2.20. The fourth-order valence-electron chi connectivity index (χ4n) is 3.05. The van der Waals surface area contributed by atoms with E-state index in [1.54, 1.807) is 11.5 Å². The molecule has 1 unspecified atom stereocenters.